The fraction of sp³-hybridized carbons (Fsp3) is 0.364. The number of hydrogen-bond acceptors (Lipinski definition) is 3. The maximum Gasteiger partial charge on any atom is 0.394 e. The van der Waals surface area contributed by atoms with E-state index in [1.807, 2.05) is 19.1 Å². The number of fused-ring (bicyclic) bond motifs is 1. The number of carboxylic acids is 1. The number of pyridine rings is 1. The molecule has 0 bridgehead atoms. The topological polar surface area (TPSA) is 70.5 Å². The Bertz CT molecular complexity index is 457. The molecule has 0 fully saturated rings. The number of aliphatic carboxylic acids is 1. The van der Waals surface area contributed by atoms with E-state index >= 15 is 0 Å². The van der Waals surface area contributed by atoms with Crippen LogP contribution in [0.4, 0.5) is 0 Å². The summed E-state index contributed by atoms with van der Waals surface area (Å²) in [4.78, 5) is 27.5. The van der Waals surface area contributed by atoms with Gasteiger partial charge in [-0.05, 0) is 18.6 Å². The zero-order valence-corrected chi connectivity index (χ0v) is 8.93. The van der Waals surface area contributed by atoms with Crippen molar-refractivity contribution < 1.29 is 14.7 Å². The molecule has 5 nitrogen and oxygen atoms in total. The summed E-state index contributed by atoms with van der Waals surface area (Å²) in [6, 6.07) is 3.77. The lowest BCUT2D eigenvalue weighted by Crippen LogP contribution is -2.40. The molecule has 84 valence electrons. The van der Waals surface area contributed by atoms with Gasteiger partial charge >= 0.3 is 11.9 Å². The second kappa shape index (κ2) is 3.92. The Morgan fingerprint density at radius 3 is 2.88 bits per heavy atom. The second-order valence-corrected chi connectivity index (χ2v) is 3.84. The molecule has 2 heterocycles. The van der Waals surface area contributed by atoms with Gasteiger partial charge in [-0.1, -0.05) is 6.07 Å². The molecule has 1 amide bonds. The molecule has 0 saturated carbocycles. The molecule has 0 radical (unpaired) electrons. The van der Waals surface area contributed by atoms with Crippen LogP contribution in [0.15, 0.2) is 12.1 Å². The SMILES string of the molecule is Cc1ccc2c(n1)CCN(C(=O)C(=O)O)C2. The van der Waals surface area contributed by atoms with Gasteiger partial charge in [0, 0.05) is 30.9 Å². The number of aryl methyl sites for hydroxylation is 1. The van der Waals surface area contributed by atoms with Crippen molar-refractivity contribution in [2.45, 2.75) is 19.9 Å². The van der Waals surface area contributed by atoms with Gasteiger partial charge in [0.1, 0.15) is 0 Å². The summed E-state index contributed by atoms with van der Waals surface area (Å²) in [5.41, 5.74) is 2.85. The summed E-state index contributed by atoms with van der Waals surface area (Å²) in [7, 11) is 0. The second-order valence-electron chi connectivity index (χ2n) is 3.84. The van der Waals surface area contributed by atoms with Crippen LogP contribution in [0, 0.1) is 6.92 Å². The zero-order chi connectivity index (χ0) is 11.7. The third-order valence-electron chi connectivity index (χ3n) is 2.66. The normalized spacial score (nSPS) is 14.4. The van der Waals surface area contributed by atoms with Crippen LogP contribution in [0.25, 0.3) is 0 Å². The maximum atomic E-state index is 11.3. The largest absolute Gasteiger partial charge is 0.474 e. The summed E-state index contributed by atoms with van der Waals surface area (Å²) in [6.45, 7) is 2.68. The van der Waals surface area contributed by atoms with E-state index in [1.165, 1.54) is 4.90 Å². The van der Waals surface area contributed by atoms with Crippen LogP contribution in [0.3, 0.4) is 0 Å². The van der Waals surface area contributed by atoms with Crippen molar-refractivity contribution in [2.24, 2.45) is 0 Å². The van der Waals surface area contributed by atoms with Crippen molar-refractivity contribution in [2.75, 3.05) is 6.54 Å². The van der Waals surface area contributed by atoms with E-state index in [-0.39, 0.29) is 0 Å². The van der Waals surface area contributed by atoms with E-state index in [2.05, 4.69) is 4.98 Å². The smallest absolute Gasteiger partial charge is 0.394 e. The van der Waals surface area contributed by atoms with Crippen LogP contribution in [0.1, 0.15) is 17.0 Å². The molecule has 0 spiro atoms. The number of carbonyl (C=O) groups excluding carboxylic acids is 1. The Labute approximate surface area is 92.7 Å². The minimum atomic E-state index is -1.40. The Kier molecular flexibility index (Phi) is 2.60. The highest BCUT2D eigenvalue weighted by Gasteiger charge is 2.25. The van der Waals surface area contributed by atoms with Gasteiger partial charge in [0.25, 0.3) is 0 Å². The highest BCUT2D eigenvalue weighted by atomic mass is 16.4. The van der Waals surface area contributed by atoms with Gasteiger partial charge in [0.2, 0.25) is 0 Å². The molecule has 0 aliphatic carbocycles. The average molecular weight is 220 g/mol. The van der Waals surface area contributed by atoms with Gasteiger partial charge in [-0.3, -0.25) is 9.78 Å². The molecular weight excluding hydrogens is 208 g/mol. The van der Waals surface area contributed by atoms with E-state index in [0.717, 1.165) is 17.0 Å². The number of nitrogens with zero attached hydrogens (tertiary/aromatic N) is 2. The van der Waals surface area contributed by atoms with Crippen LogP contribution < -0.4 is 0 Å². The predicted molar refractivity (Wildman–Crippen MR) is 55.7 cm³/mol. The van der Waals surface area contributed by atoms with E-state index in [4.69, 9.17) is 5.11 Å². The molecule has 1 aliphatic heterocycles. The van der Waals surface area contributed by atoms with Crippen LogP contribution >= 0.6 is 0 Å². The molecule has 0 atom stereocenters. The van der Waals surface area contributed by atoms with Gasteiger partial charge in [-0.2, -0.15) is 0 Å². The lowest BCUT2D eigenvalue weighted by atomic mass is 10.1. The molecular formula is C11H12N2O3. The third kappa shape index (κ3) is 1.88. The van der Waals surface area contributed by atoms with Gasteiger partial charge in [0.15, 0.2) is 0 Å². The first-order valence-electron chi connectivity index (χ1n) is 5.05. The number of carboxylic acid groups (broad SMARTS) is 1. The fourth-order valence-corrected chi connectivity index (χ4v) is 1.83. The van der Waals surface area contributed by atoms with E-state index in [1.54, 1.807) is 0 Å². The first kappa shape index (κ1) is 10.6. The van der Waals surface area contributed by atoms with E-state index < -0.39 is 11.9 Å². The van der Waals surface area contributed by atoms with Crippen LogP contribution in [-0.2, 0) is 22.6 Å². The van der Waals surface area contributed by atoms with Crippen LogP contribution in [0.2, 0.25) is 0 Å². The molecule has 1 N–H and O–H groups in total. The maximum absolute atomic E-state index is 11.3. The summed E-state index contributed by atoms with van der Waals surface area (Å²) in [5.74, 6) is -2.24. The highest BCUT2D eigenvalue weighted by Crippen LogP contribution is 2.17. The quantitative estimate of drug-likeness (QED) is 0.641. The first-order valence-corrected chi connectivity index (χ1v) is 5.05. The Balaban J connectivity index is 2.21. The predicted octanol–water partition coefficient (Wildman–Crippen LogP) is 0.359. The number of amides is 1. The van der Waals surface area contributed by atoms with Crippen molar-refractivity contribution >= 4 is 11.9 Å². The molecule has 16 heavy (non-hydrogen) atoms. The molecule has 0 aromatic carbocycles. The Morgan fingerprint density at radius 2 is 2.19 bits per heavy atom. The Hall–Kier alpha value is -1.91. The molecule has 0 saturated heterocycles. The monoisotopic (exact) mass is 220 g/mol. The minimum absolute atomic E-state index is 0.341. The molecule has 1 aromatic heterocycles. The van der Waals surface area contributed by atoms with Gasteiger partial charge < -0.3 is 10.0 Å². The van der Waals surface area contributed by atoms with Crippen molar-refractivity contribution in [1.82, 2.24) is 9.88 Å². The van der Waals surface area contributed by atoms with Crippen molar-refractivity contribution in [3.63, 3.8) is 0 Å². The highest BCUT2D eigenvalue weighted by molar-refractivity contribution is 6.31. The lowest BCUT2D eigenvalue weighted by Gasteiger charge is -2.26. The Morgan fingerprint density at radius 1 is 1.44 bits per heavy atom. The molecule has 5 heteroatoms. The minimum Gasteiger partial charge on any atom is -0.474 e. The number of aromatic nitrogens is 1. The number of hydrogen-bond donors (Lipinski definition) is 1. The number of carbonyl (C=O) groups is 2. The van der Waals surface area contributed by atoms with Gasteiger partial charge in [-0.25, -0.2) is 4.79 Å². The molecule has 2 rings (SSSR count). The number of rotatable bonds is 0. The summed E-state index contributed by atoms with van der Waals surface area (Å²) in [6.07, 6.45) is 0.621. The van der Waals surface area contributed by atoms with E-state index in [9.17, 15) is 9.59 Å². The van der Waals surface area contributed by atoms with E-state index in [0.29, 0.717) is 19.5 Å². The standard InChI is InChI=1S/C11H12N2O3/c1-7-2-3-8-6-13(10(14)11(15)16)5-4-9(8)12-7/h2-3H,4-6H2,1H3,(H,15,16). The summed E-state index contributed by atoms with van der Waals surface area (Å²) >= 11 is 0. The lowest BCUT2D eigenvalue weighted by molar-refractivity contribution is -0.156. The van der Waals surface area contributed by atoms with Gasteiger partial charge in [-0.15, -0.1) is 0 Å². The molecule has 1 aromatic rings. The van der Waals surface area contributed by atoms with Crippen LogP contribution in [-0.4, -0.2) is 33.4 Å². The van der Waals surface area contributed by atoms with Crippen LogP contribution in [0.5, 0.6) is 0 Å². The third-order valence-corrected chi connectivity index (χ3v) is 2.66. The van der Waals surface area contributed by atoms with Crippen molar-refractivity contribution in [1.29, 1.82) is 0 Å². The fourth-order valence-electron chi connectivity index (χ4n) is 1.83. The average Bonchev–Trinajstić information content (AvgIpc) is 2.27. The summed E-state index contributed by atoms with van der Waals surface area (Å²) < 4.78 is 0. The summed E-state index contributed by atoms with van der Waals surface area (Å²) in [5, 5.41) is 8.62. The van der Waals surface area contributed by atoms with Crippen molar-refractivity contribution in [3.05, 3.63) is 29.1 Å². The van der Waals surface area contributed by atoms with Gasteiger partial charge in [0.05, 0.1) is 0 Å². The zero-order valence-electron chi connectivity index (χ0n) is 8.93. The molecule has 0 unspecified atom stereocenters. The first-order chi connectivity index (χ1) is 7.58. The molecule has 1 aliphatic rings. The van der Waals surface area contributed by atoms with Crippen molar-refractivity contribution in [3.8, 4) is 0 Å².